The average molecular weight is 361 g/mol. The molecule has 0 aliphatic rings. The zero-order valence-electron chi connectivity index (χ0n) is 12.8. The second-order valence-electron chi connectivity index (χ2n) is 5.08. The van der Waals surface area contributed by atoms with Crippen molar-refractivity contribution in [2.75, 3.05) is 6.54 Å². The van der Waals surface area contributed by atoms with Crippen LogP contribution in [0.3, 0.4) is 0 Å². The van der Waals surface area contributed by atoms with E-state index in [9.17, 15) is 13.6 Å². The first-order chi connectivity index (χ1) is 12.0. The van der Waals surface area contributed by atoms with Crippen molar-refractivity contribution < 1.29 is 13.6 Å². The number of nitrogens with two attached hydrogens (primary N) is 1. The highest BCUT2D eigenvalue weighted by Gasteiger charge is 2.16. The van der Waals surface area contributed by atoms with Gasteiger partial charge in [-0.3, -0.25) is 4.79 Å². The molecule has 9 heteroatoms. The molecule has 0 saturated carbocycles. The number of carbonyl (C=O) groups is 1. The van der Waals surface area contributed by atoms with Crippen LogP contribution >= 0.6 is 11.3 Å². The molecule has 0 bridgehead atoms. The van der Waals surface area contributed by atoms with E-state index in [-0.39, 0.29) is 12.1 Å². The molecular weight excluding hydrogens is 348 g/mol. The summed E-state index contributed by atoms with van der Waals surface area (Å²) in [4.78, 5) is 24.8. The Hall–Kier alpha value is -2.78. The van der Waals surface area contributed by atoms with Gasteiger partial charge in [0.1, 0.15) is 16.5 Å². The molecule has 6 nitrogen and oxygen atoms in total. The second kappa shape index (κ2) is 7.41. The van der Waals surface area contributed by atoms with Gasteiger partial charge in [0.15, 0.2) is 10.8 Å². The van der Waals surface area contributed by atoms with Gasteiger partial charge in [0, 0.05) is 30.6 Å². The Morgan fingerprint density at radius 3 is 2.72 bits per heavy atom. The number of rotatable bonds is 5. The van der Waals surface area contributed by atoms with Gasteiger partial charge >= 0.3 is 0 Å². The van der Waals surface area contributed by atoms with Crippen molar-refractivity contribution >= 4 is 17.2 Å². The fraction of sp³-hybridized carbons (Fsp3) is 0.125. The van der Waals surface area contributed by atoms with Crippen molar-refractivity contribution in [3.8, 4) is 10.8 Å². The lowest BCUT2D eigenvalue weighted by Gasteiger charge is -2.13. The van der Waals surface area contributed by atoms with Crippen molar-refractivity contribution in [1.29, 1.82) is 0 Å². The molecule has 0 spiro atoms. The smallest absolute Gasteiger partial charge is 0.263 e. The van der Waals surface area contributed by atoms with Crippen LogP contribution < -0.4 is 11.1 Å². The van der Waals surface area contributed by atoms with Crippen molar-refractivity contribution in [3.63, 3.8) is 0 Å². The van der Waals surface area contributed by atoms with Crippen LogP contribution in [0.1, 0.15) is 21.3 Å². The number of benzene rings is 1. The largest absolute Gasteiger partial charge is 0.349 e. The molecule has 1 unspecified atom stereocenters. The Morgan fingerprint density at radius 2 is 2.00 bits per heavy atom. The Bertz CT molecular complexity index is 887. The number of thiazole rings is 1. The van der Waals surface area contributed by atoms with Crippen molar-refractivity contribution in [2.24, 2.45) is 5.73 Å². The Morgan fingerprint density at radius 1 is 1.24 bits per heavy atom. The van der Waals surface area contributed by atoms with Gasteiger partial charge < -0.3 is 11.1 Å². The maximum absolute atomic E-state index is 13.7. The SMILES string of the molecule is NC(CNC(=O)c1cnc(-c2ncccn2)s1)c1ccc(F)cc1F. The molecule has 3 aromatic rings. The number of carbonyl (C=O) groups excluding carboxylic acids is 1. The summed E-state index contributed by atoms with van der Waals surface area (Å²) in [5.41, 5.74) is 5.99. The Kier molecular flexibility index (Phi) is 5.05. The lowest BCUT2D eigenvalue weighted by molar-refractivity contribution is 0.0955. The monoisotopic (exact) mass is 361 g/mol. The normalized spacial score (nSPS) is 12.0. The molecule has 3 N–H and O–H groups in total. The van der Waals surface area contributed by atoms with Gasteiger partial charge in [-0.15, -0.1) is 11.3 Å². The number of nitrogens with zero attached hydrogens (tertiary/aromatic N) is 3. The van der Waals surface area contributed by atoms with Crippen LogP contribution in [0.2, 0.25) is 0 Å². The molecule has 0 fully saturated rings. The van der Waals surface area contributed by atoms with Crippen LogP contribution in [0.25, 0.3) is 10.8 Å². The van der Waals surface area contributed by atoms with Gasteiger partial charge in [-0.1, -0.05) is 6.07 Å². The van der Waals surface area contributed by atoms with Crippen LogP contribution in [0.4, 0.5) is 8.78 Å². The third-order valence-electron chi connectivity index (χ3n) is 3.33. The quantitative estimate of drug-likeness (QED) is 0.727. The highest BCUT2D eigenvalue weighted by molar-refractivity contribution is 7.16. The van der Waals surface area contributed by atoms with Crippen LogP contribution in [0.15, 0.2) is 42.9 Å². The summed E-state index contributed by atoms with van der Waals surface area (Å²) < 4.78 is 26.6. The molecular formula is C16H13F2N5OS. The molecule has 1 aromatic carbocycles. The van der Waals surface area contributed by atoms with Gasteiger partial charge in [0.25, 0.3) is 5.91 Å². The van der Waals surface area contributed by atoms with Crippen LogP contribution in [-0.4, -0.2) is 27.4 Å². The van der Waals surface area contributed by atoms with Crippen LogP contribution in [0, 0.1) is 11.6 Å². The topological polar surface area (TPSA) is 93.8 Å². The number of amides is 1. The van der Waals surface area contributed by atoms with Crippen LogP contribution in [0.5, 0.6) is 0 Å². The minimum atomic E-state index is -0.797. The van der Waals surface area contributed by atoms with E-state index in [0.29, 0.717) is 15.7 Å². The van der Waals surface area contributed by atoms with Gasteiger partial charge in [-0.25, -0.2) is 23.7 Å². The molecule has 2 aromatic heterocycles. The minimum Gasteiger partial charge on any atom is -0.349 e. The van der Waals surface area contributed by atoms with Crippen molar-refractivity contribution in [1.82, 2.24) is 20.3 Å². The third kappa shape index (κ3) is 4.01. The molecule has 0 saturated heterocycles. The second-order valence-corrected chi connectivity index (χ2v) is 6.12. The molecule has 0 aliphatic heterocycles. The summed E-state index contributed by atoms with van der Waals surface area (Å²) in [6.45, 7) is -0.00352. The Labute approximate surface area is 145 Å². The molecule has 1 amide bonds. The van der Waals surface area contributed by atoms with E-state index in [4.69, 9.17) is 5.73 Å². The Balaban J connectivity index is 1.64. The fourth-order valence-electron chi connectivity index (χ4n) is 2.09. The molecule has 25 heavy (non-hydrogen) atoms. The van der Waals surface area contributed by atoms with Gasteiger partial charge in [-0.05, 0) is 12.1 Å². The molecule has 0 radical (unpaired) electrons. The first-order valence-corrected chi connectivity index (χ1v) is 8.08. The summed E-state index contributed by atoms with van der Waals surface area (Å²) in [5, 5.41) is 3.12. The maximum atomic E-state index is 13.7. The summed E-state index contributed by atoms with van der Waals surface area (Å²) in [5.74, 6) is -1.39. The highest BCUT2D eigenvalue weighted by Crippen LogP contribution is 2.21. The summed E-state index contributed by atoms with van der Waals surface area (Å²) in [6, 6.07) is 4.02. The predicted molar refractivity (Wildman–Crippen MR) is 88.8 cm³/mol. The van der Waals surface area contributed by atoms with E-state index >= 15 is 0 Å². The molecule has 3 rings (SSSR count). The van der Waals surface area contributed by atoms with E-state index in [2.05, 4.69) is 20.3 Å². The zero-order chi connectivity index (χ0) is 17.8. The number of halogens is 2. The van der Waals surface area contributed by atoms with E-state index in [1.165, 1.54) is 12.3 Å². The lowest BCUT2D eigenvalue weighted by Crippen LogP contribution is -2.32. The lowest BCUT2D eigenvalue weighted by atomic mass is 10.1. The zero-order valence-corrected chi connectivity index (χ0v) is 13.6. The summed E-state index contributed by atoms with van der Waals surface area (Å²) >= 11 is 1.13. The van der Waals surface area contributed by atoms with Gasteiger partial charge in [0.2, 0.25) is 0 Å². The third-order valence-corrected chi connectivity index (χ3v) is 4.32. The van der Waals surface area contributed by atoms with Crippen molar-refractivity contribution in [3.05, 3.63) is 64.9 Å². The molecule has 2 heterocycles. The molecule has 0 aliphatic carbocycles. The van der Waals surface area contributed by atoms with E-state index in [0.717, 1.165) is 23.5 Å². The number of hydrogen-bond donors (Lipinski definition) is 2. The van der Waals surface area contributed by atoms with Crippen molar-refractivity contribution in [2.45, 2.75) is 6.04 Å². The van der Waals surface area contributed by atoms with Gasteiger partial charge in [0.05, 0.1) is 12.2 Å². The minimum absolute atomic E-state index is 0.00352. The average Bonchev–Trinajstić information content (AvgIpc) is 3.10. The summed E-state index contributed by atoms with van der Waals surface area (Å²) in [6.07, 6.45) is 4.58. The highest BCUT2D eigenvalue weighted by atomic mass is 32.1. The number of nitrogens with one attached hydrogen (secondary N) is 1. The molecule has 128 valence electrons. The first kappa shape index (κ1) is 17.1. The van der Waals surface area contributed by atoms with Crippen LogP contribution in [-0.2, 0) is 0 Å². The predicted octanol–water partition coefficient (Wildman–Crippen LogP) is 2.31. The number of aromatic nitrogens is 3. The first-order valence-electron chi connectivity index (χ1n) is 7.26. The standard InChI is InChI=1S/C16H13F2N5OS/c17-9-2-3-10(11(18)6-9)12(19)7-22-15(24)13-8-23-16(25-13)14-20-4-1-5-21-14/h1-6,8,12H,7,19H2,(H,22,24). The van der Waals surface area contributed by atoms with Gasteiger partial charge in [-0.2, -0.15) is 0 Å². The summed E-state index contributed by atoms with van der Waals surface area (Å²) in [7, 11) is 0. The fourth-order valence-corrected chi connectivity index (χ4v) is 2.87. The van der Waals surface area contributed by atoms with E-state index < -0.39 is 23.6 Å². The number of hydrogen-bond acceptors (Lipinski definition) is 6. The maximum Gasteiger partial charge on any atom is 0.263 e. The molecule has 1 atom stereocenters. The van der Waals surface area contributed by atoms with E-state index in [1.54, 1.807) is 18.5 Å². The van der Waals surface area contributed by atoms with E-state index in [1.807, 2.05) is 0 Å².